The summed E-state index contributed by atoms with van der Waals surface area (Å²) in [5, 5.41) is 0. The molecule has 0 saturated heterocycles. The van der Waals surface area contributed by atoms with Gasteiger partial charge in [-0.25, -0.2) is 4.57 Å². The maximum absolute atomic E-state index is 12.6. The Balaban J connectivity index is 4.17. The number of hydrogen-bond acceptors (Lipinski definition) is 8. The zero-order chi connectivity index (χ0) is 39.6. The molecule has 0 aliphatic heterocycles. The number of nitrogens with two attached hydrogens (primary N) is 1. The summed E-state index contributed by atoms with van der Waals surface area (Å²) in [7, 11) is -4.38. The molecule has 2 atom stereocenters. The number of hydrogen-bond donors (Lipinski definition) is 2. The summed E-state index contributed by atoms with van der Waals surface area (Å²) in [5.41, 5.74) is 5.35. The molecule has 0 radical (unpaired) electrons. The van der Waals surface area contributed by atoms with Gasteiger partial charge in [-0.05, 0) is 51.4 Å². The summed E-state index contributed by atoms with van der Waals surface area (Å²) in [5.74, 6) is -0.848. The van der Waals surface area contributed by atoms with Gasteiger partial charge in [-0.3, -0.25) is 18.6 Å². The van der Waals surface area contributed by atoms with Crippen LogP contribution in [0.25, 0.3) is 0 Å². The quantitative estimate of drug-likeness (QED) is 0.0269. The Labute approximate surface area is 331 Å². The van der Waals surface area contributed by atoms with Crippen LogP contribution in [-0.2, 0) is 32.7 Å². The molecule has 0 spiro atoms. The summed E-state index contributed by atoms with van der Waals surface area (Å²) in [4.78, 5) is 34.9. The van der Waals surface area contributed by atoms with Gasteiger partial charge in [0, 0.05) is 19.4 Å². The van der Waals surface area contributed by atoms with Crippen LogP contribution in [0.3, 0.4) is 0 Å². The van der Waals surface area contributed by atoms with Gasteiger partial charge in [0.15, 0.2) is 6.10 Å². The number of rotatable bonds is 41. The number of phosphoric acid groups is 1. The van der Waals surface area contributed by atoms with Gasteiger partial charge in [0.2, 0.25) is 0 Å². The van der Waals surface area contributed by atoms with Crippen LogP contribution in [0.5, 0.6) is 0 Å². The van der Waals surface area contributed by atoms with Gasteiger partial charge in [0.05, 0.1) is 13.2 Å². The van der Waals surface area contributed by atoms with Crippen molar-refractivity contribution >= 4 is 19.8 Å². The van der Waals surface area contributed by atoms with E-state index in [-0.39, 0.29) is 32.6 Å². The molecule has 9 nitrogen and oxygen atoms in total. The van der Waals surface area contributed by atoms with Gasteiger partial charge in [-0.1, -0.05) is 172 Å². The SMILES string of the molecule is CCCCC/C=C\C/C=C\C/C=C\CCCCCCC(=O)OC[C@H](COP(=O)(O)OCCN)OC(=O)CCCCCCCCCCCCCCCCCC. The van der Waals surface area contributed by atoms with Gasteiger partial charge >= 0.3 is 19.8 Å². The van der Waals surface area contributed by atoms with Crippen LogP contribution in [0.4, 0.5) is 0 Å². The number of esters is 2. The number of carbonyl (C=O) groups excluding carboxylic acids is 2. The molecule has 3 N–H and O–H groups in total. The zero-order valence-electron chi connectivity index (χ0n) is 34.7. The van der Waals surface area contributed by atoms with E-state index in [1.165, 1.54) is 109 Å². The van der Waals surface area contributed by atoms with E-state index in [1.54, 1.807) is 0 Å². The first kappa shape index (κ1) is 52.2. The van der Waals surface area contributed by atoms with E-state index in [1.807, 2.05) is 0 Å². The molecule has 0 fully saturated rings. The lowest BCUT2D eigenvalue weighted by Crippen LogP contribution is -2.29. The van der Waals surface area contributed by atoms with Crippen molar-refractivity contribution in [3.63, 3.8) is 0 Å². The van der Waals surface area contributed by atoms with Crippen molar-refractivity contribution in [2.45, 2.75) is 206 Å². The first-order valence-electron chi connectivity index (χ1n) is 22.0. The maximum atomic E-state index is 12.6. The van der Waals surface area contributed by atoms with Gasteiger partial charge in [0.1, 0.15) is 6.61 Å². The highest BCUT2D eigenvalue weighted by Crippen LogP contribution is 2.43. The summed E-state index contributed by atoms with van der Waals surface area (Å²) < 4.78 is 32.8. The number of allylic oxidation sites excluding steroid dienone is 6. The summed E-state index contributed by atoms with van der Waals surface area (Å²) in [6, 6.07) is 0. The van der Waals surface area contributed by atoms with Crippen molar-refractivity contribution in [2.75, 3.05) is 26.4 Å². The third kappa shape index (κ3) is 39.9. The Kier molecular flexibility index (Phi) is 39.5. The first-order chi connectivity index (χ1) is 26.3. The van der Waals surface area contributed by atoms with E-state index >= 15 is 0 Å². The van der Waals surface area contributed by atoms with Gasteiger partial charge in [-0.2, -0.15) is 0 Å². The molecule has 0 aliphatic carbocycles. The second-order valence-corrected chi connectivity index (χ2v) is 16.0. The van der Waals surface area contributed by atoms with Crippen LogP contribution in [0.1, 0.15) is 200 Å². The molecule has 316 valence electrons. The molecular weight excluding hydrogens is 701 g/mol. The van der Waals surface area contributed by atoms with E-state index < -0.39 is 32.5 Å². The fourth-order valence-electron chi connectivity index (χ4n) is 5.99. The van der Waals surface area contributed by atoms with Crippen LogP contribution >= 0.6 is 7.82 Å². The molecule has 0 aromatic rings. The average molecular weight is 784 g/mol. The van der Waals surface area contributed by atoms with Crippen molar-refractivity contribution in [1.29, 1.82) is 0 Å². The van der Waals surface area contributed by atoms with Gasteiger partial charge in [0.25, 0.3) is 0 Å². The summed E-state index contributed by atoms with van der Waals surface area (Å²) in [6.07, 6.45) is 44.5. The molecule has 0 saturated carbocycles. The molecule has 0 heterocycles. The van der Waals surface area contributed by atoms with E-state index in [9.17, 15) is 19.0 Å². The highest BCUT2D eigenvalue weighted by Gasteiger charge is 2.26. The van der Waals surface area contributed by atoms with Crippen molar-refractivity contribution < 1.29 is 37.6 Å². The predicted octanol–water partition coefficient (Wildman–Crippen LogP) is 12.6. The topological polar surface area (TPSA) is 134 Å². The van der Waals surface area contributed by atoms with E-state index in [0.717, 1.165) is 51.4 Å². The first-order valence-corrected chi connectivity index (χ1v) is 23.5. The van der Waals surface area contributed by atoms with Crippen LogP contribution < -0.4 is 5.73 Å². The Morgan fingerprint density at radius 2 is 0.963 bits per heavy atom. The Bertz CT molecular complexity index is 986. The van der Waals surface area contributed by atoms with Crippen molar-refractivity contribution in [3.8, 4) is 0 Å². The third-order valence-corrected chi connectivity index (χ3v) is 10.3. The lowest BCUT2D eigenvalue weighted by Gasteiger charge is -2.19. The molecule has 0 amide bonds. The van der Waals surface area contributed by atoms with Crippen molar-refractivity contribution in [2.24, 2.45) is 5.73 Å². The van der Waals surface area contributed by atoms with Crippen LogP contribution in [0, 0.1) is 0 Å². The molecule has 0 aromatic carbocycles. The smallest absolute Gasteiger partial charge is 0.462 e. The number of phosphoric ester groups is 1. The number of carbonyl (C=O) groups is 2. The van der Waals surface area contributed by atoms with Crippen molar-refractivity contribution in [1.82, 2.24) is 0 Å². The molecule has 0 aliphatic rings. The highest BCUT2D eigenvalue weighted by atomic mass is 31.2. The zero-order valence-corrected chi connectivity index (χ0v) is 35.6. The number of ether oxygens (including phenoxy) is 2. The monoisotopic (exact) mass is 784 g/mol. The molecular formula is C44H82NO8P. The second-order valence-electron chi connectivity index (χ2n) is 14.6. The average Bonchev–Trinajstić information content (AvgIpc) is 3.16. The highest BCUT2D eigenvalue weighted by molar-refractivity contribution is 7.47. The molecule has 10 heteroatoms. The van der Waals surface area contributed by atoms with Crippen molar-refractivity contribution in [3.05, 3.63) is 36.5 Å². The van der Waals surface area contributed by atoms with E-state index in [2.05, 4.69) is 50.3 Å². The second kappa shape index (κ2) is 40.9. The largest absolute Gasteiger partial charge is 0.472 e. The van der Waals surface area contributed by atoms with Crippen LogP contribution in [0.15, 0.2) is 36.5 Å². The fourth-order valence-corrected chi connectivity index (χ4v) is 6.76. The van der Waals surface area contributed by atoms with E-state index in [4.69, 9.17) is 24.3 Å². The van der Waals surface area contributed by atoms with Gasteiger partial charge in [-0.15, -0.1) is 0 Å². The fraction of sp³-hybridized carbons (Fsp3) is 0.818. The Morgan fingerprint density at radius 3 is 1.46 bits per heavy atom. The molecule has 1 unspecified atom stereocenters. The maximum Gasteiger partial charge on any atom is 0.472 e. The number of unbranched alkanes of at least 4 members (excludes halogenated alkanes) is 22. The molecule has 0 bridgehead atoms. The van der Waals surface area contributed by atoms with Crippen LogP contribution in [-0.4, -0.2) is 49.3 Å². The minimum atomic E-state index is -4.38. The van der Waals surface area contributed by atoms with Crippen LogP contribution in [0.2, 0.25) is 0 Å². The Hall–Kier alpha value is -1.77. The summed E-state index contributed by atoms with van der Waals surface area (Å²) >= 11 is 0. The minimum absolute atomic E-state index is 0.0507. The van der Waals surface area contributed by atoms with Gasteiger partial charge < -0.3 is 20.1 Å². The summed E-state index contributed by atoms with van der Waals surface area (Å²) in [6.45, 7) is 3.69. The molecule has 0 rings (SSSR count). The molecule has 54 heavy (non-hydrogen) atoms. The Morgan fingerprint density at radius 1 is 0.556 bits per heavy atom. The third-order valence-electron chi connectivity index (χ3n) is 9.28. The lowest BCUT2D eigenvalue weighted by atomic mass is 10.0. The van der Waals surface area contributed by atoms with E-state index in [0.29, 0.717) is 12.8 Å². The predicted molar refractivity (Wildman–Crippen MR) is 224 cm³/mol. The molecule has 0 aromatic heterocycles. The minimum Gasteiger partial charge on any atom is -0.462 e. The lowest BCUT2D eigenvalue weighted by molar-refractivity contribution is -0.161. The normalized spacial score (nSPS) is 13.6. The standard InChI is InChI=1S/C44H82NO8P/c1-3-5-7-9-11-13-15-17-19-21-23-24-26-28-30-32-34-36-43(46)50-40-42(41-52-54(48,49)51-39-38-45)53-44(47)37-35-33-31-29-27-25-22-20-18-16-14-12-10-8-6-4-2/h11,13,17,19,23-24,42H,3-10,12,14-16,18,20-22,25-41,45H2,1-2H3,(H,48,49)/b13-11-,19-17-,24-23-/t42-/m1/s1.